The van der Waals surface area contributed by atoms with Crippen molar-refractivity contribution in [2.24, 2.45) is 5.92 Å². The van der Waals surface area contributed by atoms with E-state index in [-0.39, 0.29) is 60.3 Å². The fourth-order valence-corrected chi connectivity index (χ4v) is 10.5. The van der Waals surface area contributed by atoms with Crippen LogP contribution in [0.25, 0.3) is 33.5 Å². The zero-order chi connectivity index (χ0) is 45.7. The number of furan rings is 1. The maximum Gasteiger partial charge on any atom is 0.416 e. The average Bonchev–Trinajstić information content (AvgIpc) is 4.08. The first kappa shape index (κ1) is 44.3. The van der Waals surface area contributed by atoms with Crippen molar-refractivity contribution in [3.05, 3.63) is 60.2 Å². The predicted octanol–water partition coefficient (Wildman–Crippen LogP) is 6.46. The molecule has 4 aromatic rings. The lowest BCUT2D eigenvalue weighted by Crippen LogP contribution is -2.58. The molecule has 2 aromatic heterocycles. The zero-order valence-corrected chi connectivity index (χ0v) is 36.3. The summed E-state index contributed by atoms with van der Waals surface area (Å²) in [5.41, 5.74) is -1.63. The van der Waals surface area contributed by atoms with E-state index in [4.69, 9.17) is 18.6 Å². The molecule has 0 radical (unpaired) electrons. The van der Waals surface area contributed by atoms with Crippen molar-refractivity contribution in [3.8, 4) is 23.0 Å². The number of nitrogens with one attached hydrogen (secondary N) is 3. The Bertz CT molecular complexity index is 2650. The number of allylic oxidation sites excluding steroid dienone is 1. The molecule has 20 heteroatoms. The molecule has 65 heavy (non-hydrogen) atoms. The van der Waals surface area contributed by atoms with E-state index in [9.17, 15) is 40.8 Å². The Kier molecular flexibility index (Phi) is 11.9. The van der Waals surface area contributed by atoms with Gasteiger partial charge in [-0.1, -0.05) is 43.2 Å². The van der Waals surface area contributed by atoms with Crippen LogP contribution in [0.4, 0.5) is 18.0 Å². The van der Waals surface area contributed by atoms with Gasteiger partial charge in [0.25, 0.3) is 11.8 Å². The largest absolute Gasteiger partial charge is 0.496 e. The van der Waals surface area contributed by atoms with Gasteiger partial charge in [-0.25, -0.2) is 18.2 Å². The van der Waals surface area contributed by atoms with Crippen molar-refractivity contribution in [2.75, 3.05) is 13.7 Å². The molecule has 346 valence electrons. The Balaban J connectivity index is 1.07. The van der Waals surface area contributed by atoms with Gasteiger partial charge in [0, 0.05) is 17.9 Å². The van der Waals surface area contributed by atoms with Crippen LogP contribution in [0.1, 0.15) is 89.0 Å². The maximum atomic E-state index is 14.8. The molecule has 9 rings (SSSR count). The van der Waals surface area contributed by atoms with E-state index >= 15 is 0 Å². The van der Waals surface area contributed by atoms with E-state index in [1.807, 2.05) is 12.2 Å². The molecule has 5 atom stereocenters. The molecule has 0 unspecified atom stereocenters. The van der Waals surface area contributed by atoms with Crippen LogP contribution in [-0.4, -0.2) is 95.8 Å². The lowest BCUT2D eigenvalue weighted by atomic mass is 10.0. The quantitative estimate of drug-likeness (QED) is 0.155. The highest BCUT2D eigenvalue weighted by Gasteiger charge is 2.62. The molecular weight excluding hydrogens is 874 g/mol. The number of hydrogen-bond acceptors (Lipinski definition) is 12. The molecule has 0 spiro atoms. The van der Waals surface area contributed by atoms with Gasteiger partial charge < -0.3 is 34.2 Å². The first-order valence-corrected chi connectivity index (χ1v) is 23.6. The van der Waals surface area contributed by atoms with Crippen molar-refractivity contribution >= 4 is 55.9 Å². The van der Waals surface area contributed by atoms with E-state index in [1.165, 1.54) is 24.1 Å². The van der Waals surface area contributed by atoms with Crippen LogP contribution in [0.2, 0.25) is 0 Å². The fourth-order valence-electron chi connectivity index (χ4n) is 9.16. The standard InChI is InChI=1S/C45H49F3N6O10S/c1-61-33-14-9-15-34-35(33)36-37(64-34)40(51-38(50-36)25-16-18-26(19-17-25)45(46,47)48)62-29-22-32-39(55)52-44(42(57)53-65(59,60)30-20-21-30)23-27(44)10-5-3-2-4-6-13-31(41(56)54(32)24-29)49-43(58)63-28-11-7-8-12-28/h5,9-10,14-19,27-32H,2-4,6-8,11-13,20-24H2,1H3,(H,49,58)(H,52,55)(H,53,57)/t27-,29-,31+,32+,44-/m1/s1. The van der Waals surface area contributed by atoms with Gasteiger partial charge in [-0.15, -0.1) is 0 Å². The lowest BCUT2D eigenvalue weighted by Gasteiger charge is -2.30. The molecule has 3 N–H and O–H groups in total. The normalized spacial score (nSPS) is 25.6. The minimum Gasteiger partial charge on any atom is -0.496 e. The molecule has 1 saturated heterocycles. The Morgan fingerprint density at radius 2 is 1.71 bits per heavy atom. The number of sulfonamides is 1. The molecule has 0 bridgehead atoms. The smallest absolute Gasteiger partial charge is 0.416 e. The third-order valence-electron chi connectivity index (χ3n) is 13.0. The Hall–Kier alpha value is -5.92. The summed E-state index contributed by atoms with van der Waals surface area (Å²) in [6, 6.07) is 6.95. The van der Waals surface area contributed by atoms with Crippen molar-refractivity contribution in [2.45, 2.75) is 125 Å². The number of hydrogen-bond donors (Lipinski definition) is 3. The van der Waals surface area contributed by atoms with E-state index < -0.39 is 80.5 Å². The highest BCUT2D eigenvalue weighted by Crippen LogP contribution is 2.46. The second-order valence-electron chi connectivity index (χ2n) is 17.5. The van der Waals surface area contributed by atoms with Gasteiger partial charge in [0.2, 0.25) is 27.4 Å². The second kappa shape index (κ2) is 17.5. The van der Waals surface area contributed by atoms with Crippen LogP contribution in [0.3, 0.4) is 0 Å². The molecule has 4 amide bonds. The van der Waals surface area contributed by atoms with E-state index in [0.717, 1.165) is 31.4 Å². The summed E-state index contributed by atoms with van der Waals surface area (Å²) >= 11 is 0. The third-order valence-corrected chi connectivity index (χ3v) is 14.8. The van der Waals surface area contributed by atoms with Crippen molar-refractivity contribution in [1.29, 1.82) is 0 Å². The van der Waals surface area contributed by atoms with Crippen LogP contribution >= 0.6 is 0 Å². The molecule has 4 heterocycles. The van der Waals surface area contributed by atoms with Crippen LogP contribution in [0.15, 0.2) is 59.0 Å². The first-order valence-electron chi connectivity index (χ1n) is 22.1. The van der Waals surface area contributed by atoms with E-state index in [0.29, 0.717) is 61.7 Å². The van der Waals surface area contributed by atoms with Gasteiger partial charge in [0.05, 0.1) is 29.9 Å². The van der Waals surface area contributed by atoms with Gasteiger partial charge in [-0.2, -0.15) is 18.2 Å². The Labute approximate surface area is 372 Å². The Morgan fingerprint density at radius 3 is 2.43 bits per heavy atom. The number of ether oxygens (including phenoxy) is 3. The number of fused-ring (bicyclic) bond motifs is 5. The summed E-state index contributed by atoms with van der Waals surface area (Å²) in [5, 5.41) is 5.35. The van der Waals surface area contributed by atoms with E-state index in [2.05, 4.69) is 25.3 Å². The number of aromatic nitrogens is 2. The summed E-state index contributed by atoms with van der Waals surface area (Å²) in [6.07, 6.45) is 4.02. The topological polar surface area (TPSA) is 208 Å². The highest BCUT2D eigenvalue weighted by molar-refractivity contribution is 7.91. The summed E-state index contributed by atoms with van der Waals surface area (Å²) in [5.74, 6) is -2.48. The minimum absolute atomic E-state index is 0.0107. The minimum atomic E-state index is -4.59. The van der Waals surface area contributed by atoms with Crippen molar-refractivity contribution in [3.63, 3.8) is 0 Å². The number of amides is 4. The van der Waals surface area contributed by atoms with Crippen molar-refractivity contribution in [1.82, 2.24) is 30.2 Å². The fraction of sp³-hybridized carbons (Fsp3) is 0.511. The van der Waals surface area contributed by atoms with Gasteiger partial charge in [0.15, 0.2) is 5.82 Å². The van der Waals surface area contributed by atoms with Crippen LogP contribution < -0.4 is 24.8 Å². The maximum absolute atomic E-state index is 14.8. The molecule has 4 fully saturated rings. The van der Waals surface area contributed by atoms with Crippen molar-refractivity contribution < 1.29 is 59.4 Å². The summed E-state index contributed by atoms with van der Waals surface area (Å²) in [4.78, 5) is 67.3. The van der Waals surface area contributed by atoms with Gasteiger partial charge in [0.1, 0.15) is 46.7 Å². The van der Waals surface area contributed by atoms with Crippen LogP contribution in [0.5, 0.6) is 11.6 Å². The average molecular weight is 923 g/mol. The number of methoxy groups -OCH3 is 1. The number of benzene rings is 2. The summed E-state index contributed by atoms with van der Waals surface area (Å²) in [7, 11) is -2.52. The number of alkyl halides is 3. The number of rotatable bonds is 9. The molecular formula is C45H49F3N6O10S. The zero-order valence-electron chi connectivity index (χ0n) is 35.5. The molecule has 2 aliphatic heterocycles. The number of nitrogens with zero attached hydrogens (tertiary/aromatic N) is 3. The van der Waals surface area contributed by atoms with Gasteiger partial charge in [-0.05, 0) is 88.5 Å². The highest BCUT2D eigenvalue weighted by atomic mass is 32.2. The van der Waals surface area contributed by atoms with Gasteiger partial charge >= 0.3 is 12.3 Å². The molecule has 2 aromatic carbocycles. The monoisotopic (exact) mass is 922 g/mol. The lowest BCUT2D eigenvalue weighted by molar-refractivity contribution is -0.141. The molecule has 16 nitrogen and oxygen atoms in total. The van der Waals surface area contributed by atoms with Crippen LogP contribution in [0, 0.1) is 5.92 Å². The van der Waals surface area contributed by atoms with Gasteiger partial charge in [-0.3, -0.25) is 19.1 Å². The molecule has 5 aliphatic rings. The number of carbonyl (C=O) groups excluding carboxylic acids is 4. The third kappa shape index (κ3) is 9.18. The molecule has 3 saturated carbocycles. The molecule has 3 aliphatic carbocycles. The number of alkyl carbamates (subject to hydrolysis) is 1. The summed E-state index contributed by atoms with van der Waals surface area (Å²) < 4.78 is 92.9. The van der Waals surface area contributed by atoms with Crippen LogP contribution in [-0.2, 0) is 35.3 Å². The van der Waals surface area contributed by atoms with E-state index in [1.54, 1.807) is 18.2 Å². The number of halogens is 3. The second-order valence-corrected chi connectivity index (χ2v) is 19.5. The SMILES string of the molecule is COc1cccc2oc3c(O[C@@H]4C[C@H]5C(=O)N[C@]6(C(=O)NS(=O)(=O)C7CC7)C[C@H]6C=CCCCCC[C@H](NC(=O)OC6CCCC6)C(=O)N5C4)nc(-c4ccc(C(F)(F)F)cc4)nc3c12. The Morgan fingerprint density at radius 1 is 0.954 bits per heavy atom. The first-order chi connectivity index (χ1) is 31.1. The summed E-state index contributed by atoms with van der Waals surface area (Å²) in [6.45, 7) is -0.212. The number of carbonyl (C=O) groups is 4. The predicted molar refractivity (Wildman–Crippen MR) is 228 cm³/mol.